The lowest BCUT2D eigenvalue weighted by Crippen LogP contribution is -2.45. The van der Waals surface area contributed by atoms with E-state index in [9.17, 15) is 9.50 Å². The summed E-state index contributed by atoms with van der Waals surface area (Å²) in [6.07, 6.45) is 1.91. The molecule has 0 amide bonds. The van der Waals surface area contributed by atoms with Gasteiger partial charge in [-0.05, 0) is 43.7 Å². The molecular weight excluding hydrogens is 269 g/mol. The number of anilines is 1. The lowest BCUT2D eigenvalue weighted by atomic mass is 10.0. The Morgan fingerprint density at radius 2 is 1.95 bits per heavy atom. The zero-order valence-corrected chi connectivity index (χ0v) is 12.4. The highest BCUT2D eigenvalue weighted by molar-refractivity contribution is 5.46. The molecule has 3 rings (SSSR count). The monoisotopic (exact) mass is 293 g/mol. The van der Waals surface area contributed by atoms with Gasteiger partial charge in [0.1, 0.15) is 5.82 Å². The fourth-order valence-corrected chi connectivity index (χ4v) is 3.32. The van der Waals surface area contributed by atoms with Gasteiger partial charge >= 0.3 is 0 Å². The van der Waals surface area contributed by atoms with Crippen molar-refractivity contribution in [3.05, 3.63) is 30.1 Å². The van der Waals surface area contributed by atoms with Crippen LogP contribution in [0.25, 0.3) is 0 Å². The third-order valence-corrected chi connectivity index (χ3v) is 4.52. The molecule has 0 unspecified atom stereocenters. The molecule has 2 fully saturated rings. The second-order valence-electron chi connectivity index (χ2n) is 6.24. The Bertz CT molecular complexity index is 459. The molecule has 1 aromatic carbocycles. The van der Waals surface area contributed by atoms with Crippen molar-refractivity contribution in [2.24, 2.45) is 0 Å². The summed E-state index contributed by atoms with van der Waals surface area (Å²) in [7, 11) is 0. The van der Waals surface area contributed by atoms with Gasteiger partial charge in [0, 0.05) is 45.0 Å². The molecular formula is C16H24FN3O. The van der Waals surface area contributed by atoms with Crippen molar-refractivity contribution in [3.63, 3.8) is 0 Å². The average Bonchev–Trinajstić information content (AvgIpc) is 2.76. The minimum atomic E-state index is -0.564. The second-order valence-corrected chi connectivity index (χ2v) is 6.24. The highest BCUT2D eigenvalue weighted by Crippen LogP contribution is 2.20. The predicted octanol–water partition coefficient (Wildman–Crippen LogP) is 1.06. The molecule has 1 aromatic rings. The summed E-state index contributed by atoms with van der Waals surface area (Å²) in [6.45, 7) is 6.22. The summed E-state index contributed by atoms with van der Waals surface area (Å²) in [5, 5.41) is 13.7. The zero-order valence-electron chi connectivity index (χ0n) is 12.4. The van der Waals surface area contributed by atoms with E-state index in [1.807, 2.05) is 12.1 Å². The first-order chi connectivity index (χ1) is 10.1. The van der Waals surface area contributed by atoms with Gasteiger partial charge in [-0.1, -0.05) is 0 Å². The molecule has 0 radical (unpaired) electrons. The third-order valence-electron chi connectivity index (χ3n) is 4.52. The molecule has 2 saturated heterocycles. The smallest absolute Gasteiger partial charge is 0.123 e. The van der Waals surface area contributed by atoms with Gasteiger partial charge in [0.15, 0.2) is 0 Å². The SMILES string of the molecule is O[C@]1(CN2CCCN(c3ccc(F)cc3)CC2)CCNC1. The van der Waals surface area contributed by atoms with Gasteiger partial charge in [0.25, 0.3) is 0 Å². The Labute approximate surface area is 125 Å². The van der Waals surface area contributed by atoms with Crippen molar-refractivity contribution in [2.75, 3.05) is 50.7 Å². The largest absolute Gasteiger partial charge is 0.387 e. The Hall–Kier alpha value is -1.17. The minimum absolute atomic E-state index is 0.189. The van der Waals surface area contributed by atoms with E-state index >= 15 is 0 Å². The van der Waals surface area contributed by atoms with Crippen LogP contribution >= 0.6 is 0 Å². The maximum Gasteiger partial charge on any atom is 0.123 e. The van der Waals surface area contributed by atoms with Gasteiger partial charge in [-0.15, -0.1) is 0 Å². The van der Waals surface area contributed by atoms with Crippen LogP contribution in [0.15, 0.2) is 24.3 Å². The molecule has 2 heterocycles. The van der Waals surface area contributed by atoms with Gasteiger partial charge in [-0.2, -0.15) is 0 Å². The number of hydrogen-bond donors (Lipinski definition) is 2. The molecule has 1 atom stereocenters. The van der Waals surface area contributed by atoms with Crippen molar-refractivity contribution in [2.45, 2.75) is 18.4 Å². The van der Waals surface area contributed by atoms with Crippen LogP contribution in [0.3, 0.4) is 0 Å². The maximum absolute atomic E-state index is 13.0. The first kappa shape index (κ1) is 14.8. The van der Waals surface area contributed by atoms with Gasteiger partial charge in [-0.25, -0.2) is 4.39 Å². The van der Waals surface area contributed by atoms with Crippen molar-refractivity contribution < 1.29 is 9.50 Å². The average molecular weight is 293 g/mol. The van der Waals surface area contributed by atoms with E-state index in [1.165, 1.54) is 12.1 Å². The van der Waals surface area contributed by atoms with Crippen LogP contribution in [0, 0.1) is 5.82 Å². The summed E-state index contributed by atoms with van der Waals surface area (Å²) in [5.74, 6) is -0.189. The standard InChI is InChI=1S/C16H24FN3O/c17-14-2-4-15(5-3-14)20-9-1-8-19(10-11-20)13-16(21)6-7-18-12-16/h2-5,18,21H,1,6-13H2/t16-/m1/s1. The van der Waals surface area contributed by atoms with Gasteiger partial charge in [0.2, 0.25) is 0 Å². The van der Waals surface area contributed by atoms with E-state index in [4.69, 9.17) is 0 Å². The minimum Gasteiger partial charge on any atom is -0.387 e. The molecule has 116 valence electrons. The Morgan fingerprint density at radius 1 is 1.14 bits per heavy atom. The highest BCUT2D eigenvalue weighted by Gasteiger charge is 2.33. The molecule has 2 aliphatic rings. The summed E-state index contributed by atoms with van der Waals surface area (Å²) in [4.78, 5) is 4.66. The molecule has 2 aliphatic heterocycles. The van der Waals surface area contributed by atoms with Crippen LogP contribution in [0.4, 0.5) is 10.1 Å². The van der Waals surface area contributed by atoms with Crippen LogP contribution in [0.1, 0.15) is 12.8 Å². The molecule has 5 heteroatoms. The molecule has 0 spiro atoms. The van der Waals surface area contributed by atoms with Crippen molar-refractivity contribution >= 4 is 5.69 Å². The van der Waals surface area contributed by atoms with E-state index in [-0.39, 0.29) is 5.82 Å². The van der Waals surface area contributed by atoms with Gasteiger partial charge in [0.05, 0.1) is 5.60 Å². The zero-order chi connectivity index (χ0) is 14.7. The third kappa shape index (κ3) is 3.73. The van der Waals surface area contributed by atoms with Crippen LogP contribution in [-0.4, -0.2) is 61.4 Å². The normalized spacial score (nSPS) is 27.8. The molecule has 2 N–H and O–H groups in total. The Morgan fingerprint density at radius 3 is 2.67 bits per heavy atom. The molecule has 0 aromatic heterocycles. The summed E-state index contributed by atoms with van der Waals surface area (Å²) in [5.41, 5.74) is 0.518. The lowest BCUT2D eigenvalue weighted by Gasteiger charge is -2.30. The van der Waals surface area contributed by atoms with Crippen molar-refractivity contribution in [1.29, 1.82) is 0 Å². The number of hydrogen-bond acceptors (Lipinski definition) is 4. The number of nitrogens with zero attached hydrogens (tertiary/aromatic N) is 2. The van der Waals surface area contributed by atoms with E-state index in [1.54, 1.807) is 0 Å². The predicted molar refractivity (Wildman–Crippen MR) is 82.1 cm³/mol. The number of β-amino-alcohol motifs (C(OH)–C–C–N with tert-alkyl or cyclic N) is 1. The molecule has 0 aliphatic carbocycles. The number of nitrogens with one attached hydrogen (secondary N) is 1. The van der Waals surface area contributed by atoms with Gasteiger partial charge in [-0.3, -0.25) is 4.90 Å². The summed E-state index contributed by atoms with van der Waals surface area (Å²) >= 11 is 0. The van der Waals surface area contributed by atoms with Crippen LogP contribution in [0.2, 0.25) is 0 Å². The molecule has 21 heavy (non-hydrogen) atoms. The summed E-state index contributed by atoms with van der Waals surface area (Å²) in [6, 6.07) is 6.73. The first-order valence-corrected chi connectivity index (χ1v) is 7.81. The number of rotatable bonds is 3. The van der Waals surface area contributed by atoms with Crippen molar-refractivity contribution in [1.82, 2.24) is 10.2 Å². The fourth-order valence-electron chi connectivity index (χ4n) is 3.32. The number of halogens is 1. The van der Waals surface area contributed by atoms with E-state index < -0.39 is 5.60 Å². The topological polar surface area (TPSA) is 38.7 Å². The number of benzene rings is 1. The lowest BCUT2D eigenvalue weighted by molar-refractivity contribution is 0.0228. The van der Waals surface area contributed by atoms with Crippen LogP contribution in [-0.2, 0) is 0 Å². The van der Waals surface area contributed by atoms with E-state index in [0.717, 1.165) is 57.8 Å². The molecule has 0 saturated carbocycles. The van der Waals surface area contributed by atoms with Crippen LogP contribution in [0.5, 0.6) is 0 Å². The van der Waals surface area contributed by atoms with E-state index in [2.05, 4.69) is 15.1 Å². The fraction of sp³-hybridized carbons (Fsp3) is 0.625. The second kappa shape index (κ2) is 6.30. The van der Waals surface area contributed by atoms with Crippen molar-refractivity contribution in [3.8, 4) is 0 Å². The molecule has 4 nitrogen and oxygen atoms in total. The highest BCUT2D eigenvalue weighted by atomic mass is 19.1. The maximum atomic E-state index is 13.0. The Balaban J connectivity index is 1.57. The van der Waals surface area contributed by atoms with Gasteiger partial charge < -0.3 is 15.3 Å². The number of aliphatic hydroxyl groups is 1. The van der Waals surface area contributed by atoms with E-state index in [0.29, 0.717) is 6.54 Å². The first-order valence-electron chi connectivity index (χ1n) is 7.81. The quantitative estimate of drug-likeness (QED) is 0.874. The summed E-state index contributed by atoms with van der Waals surface area (Å²) < 4.78 is 13.0. The Kier molecular flexibility index (Phi) is 4.42. The molecule has 0 bridgehead atoms. The van der Waals surface area contributed by atoms with Crippen LogP contribution < -0.4 is 10.2 Å².